The largest absolute Gasteiger partial charge is 0.508 e. The maximum atomic E-state index is 9.62. The normalized spacial score (nSPS) is 17.6. The molecule has 0 radical (unpaired) electrons. The quantitative estimate of drug-likeness (QED) is 0.880. The van der Waals surface area contributed by atoms with Crippen molar-refractivity contribution in [2.75, 3.05) is 13.7 Å². The minimum atomic E-state index is 0.184. The van der Waals surface area contributed by atoms with Crippen molar-refractivity contribution >= 4 is 0 Å². The molecule has 0 amide bonds. The SMILES string of the molecule is COc1ccc(C2NCCc3cc(O)ccc32)cc1C. The minimum absolute atomic E-state index is 0.184. The summed E-state index contributed by atoms with van der Waals surface area (Å²) in [5.41, 5.74) is 4.84. The Kier molecular flexibility index (Phi) is 3.36. The maximum Gasteiger partial charge on any atom is 0.121 e. The molecule has 3 nitrogen and oxygen atoms in total. The smallest absolute Gasteiger partial charge is 0.121 e. The lowest BCUT2D eigenvalue weighted by Gasteiger charge is -2.28. The van der Waals surface area contributed by atoms with Gasteiger partial charge < -0.3 is 15.2 Å². The molecule has 0 bridgehead atoms. The fraction of sp³-hybridized carbons (Fsp3) is 0.294. The number of phenols is 1. The number of aryl methyl sites for hydroxylation is 1. The van der Waals surface area contributed by atoms with Crippen LogP contribution in [-0.4, -0.2) is 18.8 Å². The molecule has 0 aromatic heterocycles. The fourth-order valence-corrected chi connectivity index (χ4v) is 2.93. The van der Waals surface area contributed by atoms with Crippen LogP contribution in [0.15, 0.2) is 36.4 Å². The van der Waals surface area contributed by atoms with Crippen LogP contribution in [0.5, 0.6) is 11.5 Å². The van der Waals surface area contributed by atoms with Crippen molar-refractivity contribution in [1.29, 1.82) is 0 Å². The zero-order valence-electron chi connectivity index (χ0n) is 11.8. The summed E-state index contributed by atoms with van der Waals surface area (Å²) in [4.78, 5) is 0. The Hall–Kier alpha value is -2.00. The van der Waals surface area contributed by atoms with E-state index in [4.69, 9.17) is 4.74 Å². The van der Waals surface area contributed by atoms with E-state index >= 15 is 0 Å². The molecule has 20 heavy (non-hydrogen) atoms. The molecule has 2 aromatic carbocycles. The number of methoxy groups -OCH3 is 1. The van der Waals surface area contributed by atoms with Gasteiger partial charge in [-0.15, -0.1) is 0 Å². The highest BCUT2D eigenvalue weighted by Crippen LogP contribution is 2.32. The zero-order chi connectivity index (χ0) is 14.1. The molecule has 1 heterocycles. The highest BCUT2D eigenvalue weighted by atomic mass is 16.5. The molecule has 1 aliphatic rings. The second-order valence-electron chi connectivity index (χ2n) is 5.25. The van der Waals surface area contributed by atoms with Crippen LogP contribution in [-0.2, 0) is 6.42 Å². The van der Waals surface area contributed by atoms with Gasteiger partial charge in [-0.25, -0.2) is 0 Å². The number of hydrogen-bond donors (Lipinski definition) is 2. The fourth-order valence-electron chi connectivity index (χ4n) is 2.93. The van der Waals surface area contributed by atoms with Gasteiger partial charge in [0.1, 0.15) is 11.5 Å². The van der Waals surface area contributed by atoms with Crippen LogP contribution in [0.1, 0.15) is 28.3 Å². The third-order valence-corrected chi connectivity index (χ3v) is 3.93. The number of hydrogen-bond acceptors (Lipinski definition) is 3. The Morgan fingerprint density at radius 2 is 2.05 bits per heavy atom. The molecule has 1 aliphatic heterocycles. The van der Waals surface area contributed by atoms with E-state index in [1.54, 1.807) is 13.2 Å². The van der Waals surface area contributed by atoms with Gasteiger partial charge in [-0.1, -0.05) is 18.2 Å². The lowest BCUT2D eigenvalue weighted by molar-refractivity contribution is 0.411. The molecule has 2 aromatic rings. The van der Waals surface area contributed by atoms with Gasteiger partial charge >= 0.3 is 0 Å². The van der Waals surface area contributed by atoms with Gasteiger partial charge in [-0.05, 0) is 53.8 Å². The highest BCUT2D eigenvalue weighted by Gasteiger charge is 2.21. The van der Waals surface area contributed by atoms with Crippen molar-refractivity contribution in [3.05, 3.63) is 58.7 Å². The van der Waals surface area contributed by atoms with Gasteiger partial charge in [0.15, 0.2) is 0 Å². The number of benzene rings is 2. The Morgan fingerprint density at radius 3 is 2.80 bits per heavy atom. The van der Waals surface area contributed by atoms with Crippen molar-refractivity contribution in [3.8, 4) is 11.5 Å². The molecular weight excluding hydrogens is 250 g/mol. The van der Waals surface area contributed by atoms with Crippen LogP contribution in [0.25, 0.3) is 0 Å². The van der Waals surface area contributed by atoms with Crippen molar-refractivity contribution in [3.63, 3.8) is 0 Å². The summed E-state index contributed by atoms with van der Waals surface area (Å²) in [6.45, 7) is 2.98. The Balaban J connectivity index is 2.02. The summed E-state index contributed by atoms with van der Waals surface area (Å²) in [6.07, 6.45) is 0.954. The van der Waals surface area contributed by atoms with E-state index < -0.39 is 0 Å². The monoisotopic (exact) mass is 269 g/mol. The van der Waals surface area contributed by atoms with Crippen molar-refractivity contribution < 1.29 is 9.84 Å². The standard InChI is InChI=1S/C17H19NO2/c1-11-9-13(3-6-16(11)20-2)17-15-5-4-14(19)10-12(15)7-8-18-17/h3-6,9-10,17-19H,7-8H2,1-2H3. The molecule has 3 rings (SSSR count). The number of rotatable bonds is 2. The predicted octanol–water partition coefficient (Wildman–Crippen LogP) is 2.94. The summed E-state index contributed by atoms with van der Waals surface area (Å²) in [7, 11) is 1.69. The van der Waals surface area contributed by atoms with Crippen LogP contribution < -0.4 is 10.1 Å². The molecule has 0 aliphatic carbocycles. The van der Waals surface area contributed by atoms with Crippen LogP contribution in [0.3, 0.4) is 0 Å². The van der Waals surface area contributed by atoms with Gasteiger partial charge in [-0.2, -0.15) is 0 Å². The van der Waals surface area contributed by atoms with Crippen LogP contribution >= 0.6 is 0 Å². The molecule has 104 valence electrons. The Morgan fingerprint density at radius 1 is 1.20 bits per heavy atom. The van der Waals surface area contributed by atoms with E-state index in [1.807, 2.05) is 18.2 Å². The van der Waals surface area contributed by atoms with Crippen molar-refractivity contribution in [1.82, 2.24) is 5.32 Å². The van der Waals surface area contributed by atoms with Crippen LogP contribution in [0.2, 0.25) is 0 Å². The van der Waals surface area contributed by atoms with E-state index in [1.165, 1.54) is 16.7 Å². The second-order valence-corrected chi connectivity index (χ2v) is 5.25. The van der Waals surface area contributed by atoms with Crippen molar-refractivity contribution in [2.45, 2.75) is 19.4 Å². The minimum Gasteiger partial charge on any atom is -0.508 e. The zero-order valence-corrected chi connectivity index (χ0v) is 11.8. The first-order chi connectivity index (χ1) is 9.69. The van der Waals surface area contributed by atoms with Gasteiger partial charge in [0.2, 0.25) is 0 Å². The molecule has 0 saturated heterocycles. The molecule has 0 spiro atoms. The molecule has 1 atom stereocenters. The van der Waals surface area contributed by atoms with Gasteiger partial charge in [-0.3, -0.25) is 0 Å². The Labute approximate surface area is 119 Å². The summed E-state index contributed by atoms with van der Waals surface area (Å²) in [6, 6.07) is 12.1. The summed E-state index contributed by atoms with van der Waals surface area (Å²) >= 11 is 0. The maximum absolute atomic E-state index is 9.62. The van der Waals surface area contributed by atoms with E-state index in [-0.39, 0.29) is 6.04 Å². The first-order valence-corrected chi connectivity index (χ1v) is 6.89. The van der Waals surface area contributed by atoms with E-state index in [9.17, 15) is 5.11 Å². The highest BCUT2D eigenvalue weighted by molar-refractivity contribution is 5.46. The number of fused-ring (bicyclic) bond motifs is 1. The average Bonchev–Trinajstić information content (AvgIpc) is 2.46. The van der Waals surface area contributed by atoms with E-state index in [0.717, 1.165) is 24.3 Å². The molecule has 2 N–H and O–H groups in total. The number of ether oxygens (including phenoxy) is 1. The summed E-state index contributed by atoms with van der Waals surface area (Å²) in [5.74, 6) is 1.26. The average molecular weight is 269 g/mol. The first kappa shape index (κ1) is 13.0. The predicted molar refractivity (Wildman–Crippen MR) is 79.4 cm³/mol. The van der Waals surface area contributed by atoms with E-state index in [0.29, 0.717) is 5.75 Å². The number of nitrogens with one attached hydrogen (secondary N) is 1. The first-order valence-electron chi connectivity index (χ1n) is 6.89. The molecule has 0 saturated carbocycles. The van der Waals surface area contributed by atoms with Crippen LogP contribution in [0, 0.1) is 6.92 Å². The van der Waals surface area contributed by atoms with E-state index in [2.05, 4.69) is 24.4 Å². The lowest BCUT2D eigenvalue weighted by atomic mass is 9.89. The third kappa shape index (κ3) is 2.25. The van der Waals surface area contributed by atoms with Crippen LogP contribution in [0.4, 0.5) is 0 Å². The van der Waals surface area contributed by atoms with Gasteiger partial charge in [0.05, 0.1) is 13.2 Å². The summed E-state index contributed by atoms with van der Waals surface area (Å²) in [5, 5.41) is 13.2. The second kappa shape index (κ2) is 5.17. The topological polar surface area (TPSA) is 41.5 Å². The molecular formula is C17H19NO2. The van der Waals surface area contributed by atoms with Gasteiger partial charge in [0.25, 0.3) is 0 Å². The van der Waals surface area contributed by atoms with Crippen molar-refractivity contribution in [2.24, 2.45) is 0 Å². The molecule has 1 unspecified atom stereocenters. The summed E-state index contributed by atoms with van der Waals surface area (Å²) < 4.78 is 5.32. The lowest BCUT2D eigenvalue weighted by Crippen LogP contribution is -2.30. The molecule has 0 fully saturated rings. The third-order valence-electron chi connectivity index (χ3n) is 3.93. The number of phenolic OH excluding ortho intramolecular Hbond substituents is 1. The van der Waals surface area contributed by atoms with Gasteiger partial charge in [0, 0.05) is 6.54 Å². The number of aromatic hydroxyl groups is 1. The Bertz CT molecular complexity index is 637. The molecule has 3 heteroatoms.